The Morgan fingerprint density at radius 3 is 2.75 bits per heavy atom. The van der Waals surface area contributed by atoms with E-state index in [0.29, 0.717) is 5.41 Å². The van der Waals surface area contributed by atoms with Crippen molar-refractivity contribution in [2.75, 3.05) is 13.6 Å². The van der Waals surface area contributed by atoms with Gasteiger partial charge in [-0.25, -0.2) is 0 Å². The molecule has 0 radical (unpaired) electrons. The summed E-state index contributed by atoms with van der Waals surface area (Å²) in [6, 6.07) is 0.772. The van der Waals surface area contributed by atoms with Gasteiger partial charge < -0.3 is 4.90 Å². The van der Waals surface area contributed by atoms with Gasteiger partial charge in [-0.1, -0.05) is 18.6 Å². The minimum Gasteiger partial charge on any atom is -0.303 e. The van der Waals surface area contributed by atoms with Gasteiger partial charge in [-0.3, -0.25) is 4.79 Å². The summed E-state index contributed by atoms with van der Waals surface area (Å²) in [7, 11) is 2.35. The number of carbonyl (C=O) groups excluding carboxylic acids is 1. The molecule has 0 bridgehead atoms. The second kappa shape index (κ2) is 4.84. The molecule has 4 fully saturated rings. The fourth-order valence-electron chi connectivity index (χ4n) is 8.00. The van der Waals surface area contributed by atoms with E-state index in [0.717, 1.165) is 36.1 Å². The van der Waals surface area contributed by atoms with Crippen LogP contribution in [-0.4, -0.2) is 30.3 Å². The Kier molecular flexibility index (Phi) is 3.10. The number of carbonyl (C=O) groups is 1. The highest BCUT2D eigenvalue weighted by Gasteiger charge is 2.63. The van der Waals surface area contributed by atoms with Crippen molar-refractivity contribution in [2.45, 2.75) is 58.4 Å². The van der Waals surface area contributed by atoms with E-state index in [2.05, 4.69) is 31.9 Å². The second-order valence-electron chi connectivity index (χ2n) is 9.71. The van der Waals surface area contributed by atoms with Crippen LogP contribution < -0.4 is 0 Å². The van der Waals surface area contributed by atoms with Crippen molar-refractivity contribution in [1.29, 1.82) is 0 Å². The quantitative estimate of drug-likeness (QED) is 0.664. The molecule has 0 aromatic carbocycles. The van der Waals surface area contributed by atoms with Gasteiger partial charge >= 0.3 is 0 Å². The molecule has 1 aliphatic heterocycles. The molecule has 1 spiro atoms. The number of nitrogens with zero attached hydrogens (tertiary/aromatic N) is 1. The summed E-state index contributed by atoms with van der Waals surface area (Å²) in [5.41, 5.74) is 2.20. The molecule has 0 N–H and O–H groups in total. The first-order valence-electron chi connectivity index (χ1n) is 10.1. The van der Waals surface area contributed by atoms with Crippen LogP contribution in [0, 0.1) is 34.5 Å². The van der Waals surface area contributed by atoms with Crippen LogP contribution in [0.3, 0.4) is 0 Å². The molecule has 1 heterocycles. The lowest BCUT2D eigenvalue weighted by atomic mass is 9.47. The van der Waals surface area contributed by atoms with E-state index in [1.54, 1.807) is 0 Å². The number of hydrogen-bond donors (Lipinski definition) is 0. The number of ketones is 1. The molecule has 2 heteroatoms. The number of hydrogen-bond acceptors (Lipinski definition) is 2. The van der Waals surface area contributed by atoms with Crippen LogP contribution in [0.15, 0.2) is 23.8 Å². The maximum Gasteiger partial charge on any atom is 0.178 e. The molecule has 24 heavy (non-hydrogen) atoms. The van der Waals surface area contributed by atoms with Crippen LogP contribution >= 0.6 is 0 Å². The van der Waals surface area contributed by atoms with Crippen molar-refractivity contribution in [3.8, 4) is 0 Å². The van der Waals surface area contributed by atoms with Gasteiger partial charge in [0.05, 0.1) is 0 Å². The maximum absolute atomic E-state index is 11.9. The molecule has 130 valence electrons. The summed E-state index contributed by atoms with van der Waals surface area (Å²) in [6.07, 6.45) is 14.3. The molecule has 4 aliphatic carbocycles. The highest BCUT2D eigenvalue weighted by Crippen LogP contribution is 2.68. The summed E-state index contributed by atoms with van der Waals surface area (Å²) < 4.78 is 0. The molecule has 3 saturated carbocycles. The first kappa shape index (κ1) is 15.4. The van der Waals surface area contributed by atoms with Crippen molar-refractivity contribution < 1.29 is 4.79 Å². The zero-order valence-corrected chi connectivity index (χ0v) is 15.4. The molecule has 5 aliphatic rings. The summed E-state index contributed by atoms with van der Waals surface area (Å²) in [5, 5.41) is 0. The molecule has 0 aromatic heterocycles. The number of likely N-dealkylation sites (tertiary alicyclic amines) is 1. The average Bonchev–Trinajstić information content (AvgIpc) is 3.03. The normalized spacial score (nSPS) is 53.2. The molecule has 0 aromatic rings. The van der Waals surface area contributed by atoms with Crippen molar-refractivity contribution in [1.82, 2.24) is 4.90 Å². The van der Waals surface area contributed by atoms with Gasteiger partial charge in [0.1, 0.15) is 0 Å². The minimum atomic E-state index is 0.159. The van der Waals surface area contributed by atoms with Gasteiger partial charge in [0, 0.05) is 18.0 Å². The molecule has 2 nitrogen and oxygen atoms in total. The zero-order valence-electron chi connectivity index (χ0n) is 15.4. The molecule has 7 atom stereocenters. The molecular formula is C22H31NO. The smallest absolute Gasteiger partial charge is 0.178 e. The summed E-state index contributed by atoms with van der Waals surface area (Å²) >= 11 is 0. The molecular weight excluding hydrogens is 294 g/mol. The minimum absolute atomic E-state index is 0.159. The molecule has 0 amide bonds. The van der Waals surface area contributed by atoms with Crippen LogP contribution in [0.4, 0.5) is 0 Å². The number of rotatable bonds is 0. The van der Waals surface area contributed by atoms with E-state index in [4.69, 9.17) is 0 Å². The van der Waals surface area contributed by atoms with E-state index in [9.17, 15) is 4.79 Å². The third kappa shape index (κ3) is 1.74. The fourth-order valence-corrected chi connectivity index (χ4v) is 8.00. The van der Waals surface area contributed by atoms with Crippen molar-refractivity contribution in [2.24, 2.45) is 34.5 Å². The van der Waals surface area contributed by atoms with E-state index >= 15 is 0 Å². The van der Waals surface area contributed by atoms with Gasteiger partial charge in [0.2, 0.25) is 0 Å². The number of allylic oxidation sites excluding steroid dienone is 4. The Bertz CT molecular complexity index is 648. The highest BCUT2D eigenvalue weighted by atomic mass is 16.1. The summed E-state index contributed by atoms with van der Waals surface area (Å²) in [6.45, 7) is 6.22. The lowest BCUT2D eigenvalue weighted by Gasteiger charge is -2.57. The first-order valence-corrected chi connectivity index (χ1v) is 10.1. The van der Waals surface area contributed by atoms with Crippen LogP contribution in [0.1, 0.15) is 52.4 Å². The maximum atomic E-state index is 11.9. The molecule has 5 rings (SSSR count). The number of fused-ring (bicyclic) bond motifs is 4. The lowest BCUT2D eigenvalue weighted by molar-refractivity contribution is -0.111. The molecule has 0 unspecified atom stereocenters. The van der Waals surface area contributed by atoms with Gasteiger partial charge in [0.15, 0.2) is 5.78 Å². The Balaban J connectivity index is 1.51. The van der Waals surface area contributed by atoms with Crippen molar-refractivity contribution >= 4 is 5.78 Å². The van der Waals surface area contributed by atoms with Gasteiger partial charge in [-0.05, 0) is 93.7 Å². The standard InChI is InChI=1S/C22H31NO/c1-14-18-6-7-20-17-5-4-15-12-16(24)8-10-21(15,2)19(17)9-11-22(18,20)13-23(14)3/h8,10,12,14,17-20H,4-7,9,11,13H2,1-3H3/t14-,17+,18+,19+,20-,21-,22-/m0/s1. The Morgan fingerprint density at radius 2 is 1.92 bits per heavy atom. The SMILES string of the molecule is C[C@H]1[C@H]2CC[C@H]3[C@@H]4CCC5=CC(=O)C=C[C@]5(C)[C@@H]4CC[C@]23CN1C. The zero-order chi connectivity index (χ0) is 16.7. The highest BCUT2D eigenvalue weighted by molar-refractivity contribution is 6.01. The largest absolute Gasteiger partial charge is 0.303 e. The monoisotopic (exact) mass is 325 g/mol. The van der Waals surface area contributed by atoms with Gasteiger partial charge in [-0.2, -0.15) is 0 Å². The predicted molar refractivity (Wildman–Crippen MR) is 96.5 cm³/mol. The van der Waals surface area contributed by atoms with Gasteiger partial charge in [-0.15, -0.1) is 0 Å². The second-order valence-corrected chi connectivity index (χ2v) is 9.71. The average molecular weight is 325 g/mol. The lowest BCUT2D eigenvalue weighted by Crippen LogP contribution is -2.51. The summed E-state index contributed by atoms with van der Waals surface area (Å²) in [4.78, 5) is 14.5. The van der Waals surface area contributed by atoms with E-state index in [1.807, 2.05) is 12.2 Å². The van der Waals surface area contributed by atoms with Gasteiger partial charge in [0.25, 0.3) is 0 Å². The van der Waals surface area contributed by atoms with Crippen LogP contribution in [0.2, 0.25) is 0 Å². The first-order chi connectivity index (χ1) is 11.5. The topological polar surface area (TPSA) is 20.3 Å². The Hall–Kier alpha value is -0.890. The van der Waals surface area contributed by atoms with Crippen LogP contribution in [-0.2, 0) is 4.79 Å². The van der Waals surface area contributed by atoms with E-state index < -0.39 is 0 Å². The summed E-state index contributed by atoms with van der Waals surface area (Å²) in [5.74, 6) is 3.71. The predicted octanol–water partition coefficient (Wildman–Crippen LogP) is 4.22. The van der Waals surface area contributed by atoms with Crippen LogP contribution in [0.25, 0.3) is 0 Å². The van der Waals surface area contributed by atoms with E-state index in [1.165, 1.54) is 44.2 Å². The Morgan fingerprint density at radius 1 is 1.12 bits per heavy atom. The third-order valence-electron chi connectivity index (χ3n) is 9.16. The fraction of sp³-hybridized carbons (Fsp3) is 0.773. The van der Waals surface area contributed by atoms with E-state index in [-0.39, 0.29) is 11.2 Å². The third-order valence-corrected chi connectivity index (χ3v) is 9.16. The van der Waals surface area contributed by atoms with Crippen molar-refractivity contribution in [3.63, 3.8) is 0 Å². The Labute approximate surface area is 146 Å². The van der Waals surface area contributed by atoms with Crippen molar-refractivity contribution in [3.05, 3.63) is 23.8 Å². The van der Waals surface area contributed by atoms with Crippen LogP contribution in [0.5, 0.6) is 0 Å². The molecule has 1 saturated heterocycles.